The number of ether oxygens (including phenoxy) is 1. The zero-order chi connectivity index (χ0) is 18.4. The fraction of sp³-hybridized carbons (Fsp3) is 0.450. The first-order valence-corrected chi connectivity index (χ1v) is 9.10. The maximum Gasteiger partial charge on any atom is 0.217 e. The van der Waals surface area contributed by atoms with Gasteiger partial charge >= 0.3 is 0 Å². The van der Waals surface area contributed by atoms with E-state index in [2.05, 4.69) is 26.7 Å². The van der Waals surface area contributed by atoms with Crippen LogP contribution >= 0.6 is 0 Å². The van der Waals surface area contributed by atoms with E-state index < -0.39 is 0 Å². The summed E-state index contributed by atoms with van der Waals surface area (Å²) < 4.78 is 5.39. The Balaban J connectivity index is 1.45. The van der Waals surface area contributed by atoms with E-state index >= 15 is 0 Å². The topological polar surface area (TPSA) is 76.1 Å². The van der Waals surface area contributed by atoms with Gasteiger partial charge in [0.15, 0.2) is 0 Å². The van der Waals surface area contributed by atoms with Crippen LogP contribution in [0.3, 0.4) is 0 Å². The first-order valence-electron chi connectivity index (χ1n) is 9.10. The molecule has 1 aromatic carbocycles. The van der Waals surface area contributed by atoms with Gasteiger partial charge in [-0.2, -0.15) is 0 Å². The second-order valence-electron chi connectivity index (χ2n) is 6.74. The normalized spacial score (nSPS) is 18.7. The summed E-state index contributed by atoms with van der Waals surface area (Å²) in [5.41, 5.74) is 2.27. The Morgan fingerprint density at radius 3 is 2.85 bits per heavy atom. The number of hydrogen-bond donors (Lipinski definition) is 2. The molecule has 2 aromatic rings. The Labute approximate surface area is 154 Å². The third kappa shape index (κ3) is 4.71. The second kappa shape index (κ2) is 8.65. The van der Waals surface area contributed by atoms with E-state index in [4.69, 9.17) is 4.74 Å². The zero-order valence-electron chi connectivity index (χ0n) is 15.4. The number of aromatic nitrogens is 2. The van der Waals surface area contributed by atoms with Gasteiger partial charge in [-0.25, -0.2) is 9.97 Å². The molecule has 3 rings (SSSR count). The van der Waals surface area contributed by atoms with Crippen molar-refractivity contribution in [2.45, 2.75) is 44.6 Å². The highest BCUT2D eigenvalue weighted by molar-refractivity contribution is 5.73. The van der Waals surface area contributed by atoms with Crippen LogP contribution in [0, 0.1) is 0 Å². The van der Waals surface area contributed by atoms with Crippen molar-refractivity contribution >= 4 is 11.7 Å². The summed E-state index contributed by atoms with van der Waals surface area (Å²) in [4.78, 5) is 19.8. The van der Waals surface area contributed by atoms with Crippen LogP contribution in [0.25, 0.3) is 0 Å². The Morgan fingerprint density at radius 1 is 1.27 bits per heavy atom. The summed E-state index contributed by atoms with van der Waals surface area (Å²) >= 11 is 0. The predicted octanol–water partition coefficient (Wildman–Crippen LogP) is 2.91. The smallest absolute Gasteiger partial charge is 0.217 e. The van der Waals surface area contributed by atoms with Gasteiger partial charge in [0, 0.05) is 37.2 Å². The molecule has 1 aromatic heterocycles. The predicted molar refractivity (Wildman–Crippen MR) is 101 cm³/mol. The molecule has 0 spiro atoms. The van der Waals surface area contributed by atoms with Crippen molar-refractivity contribution in [3.8, 4) is 5.75 Å². The van der Waals surface area contributed by atoms with E-state index in [0.29, 0.717) is 5.92 Å². The molecule has 0 unspecified atom stereocenters. The fourth-order valence-corrected chi connectivity index (χ4v) is 3.36. The van der Waals surface area contributed by atoms with Crippen molar-refractivity contribution in [3.63, 3.8) is 0 Å². The lowest BCUT2D eigenvalue weighted by molar-refractivity contribution is -0.120. The van der Waals surface area contributed by atoms with Gasteiger partial charge in [-0.3, -0.25) is 4.79 Å². The van der Waals surface area contributed by atoms with Crippen LogP contribution in [0.2, 0.25) is 0 Å². The molecule has 138 valence electrons. The highest BCUT2D eigenvalue weighted by Gasteiger charge is 2.31. The molecular formula is C20H26N4O2. The third-order valence-corrected chi connectivity index (χ3v) is 4.77. The van der Waals surface area contributed by atoms with E-state index in [1.807, 2.05) is 24.3 Å². The molecule has 1 aliphatic rings. The maximum absolute atomic E-state index is 11.1. The number of methoxy groups -OCH3 is 1. The van der Waals surface area contributed by atoms with Gasteiger partial charge in [-0.15, -0.1) is 0 Å². The molecule has 1 saturated carbocycles. The van der Waals surface area contributed by atoms with Gasteiger partial charge in [-0.1, -0.05) is 18.2 Å². The van der Waals surface area contributed by atoms with E-state index in [0.717, 1.165) is 49.5 Å². The number of benzene rings is 1. The van der Waals surface area contributed by atoms with Crippen molar-refractivity contribution < 1.29 is 9.53 Å². The van der Waals surface area contributed by atoms with Crippen molar-refractivity contribution in [2.75, 3.05) is 19.0 Å². The fourth-order valence-electron chi connectivity index (χ4n) is 3.36. The van der Waals surface area contributed by atoms with E-state index in [1.165, 1.54) is 5.56 Å². The van der Waals surface area contributed by atoms with E-state index in [9.17, 15) is 4.79 Å². The molecule has 0 saturated heterocycles. The number of hydrogen-bond acceptors (Lipinski definition) is 5. The Kier molecular flexibility index (Phi) is 6.04. The Morgan fingerprint density at radius 2 is 2.08 bits per heavy atom. The Bertz CT molecular complexity index is 744. The molecule has 2 N–H and O–H groups in total. The molecule has 0 atom stereocenters. The van der Waals surface area contributed by atoms with Crippen LogP contribution in [0.1, 0.15) is 43.4 Å². The molecule has 6 nitrogen and oxygen atoms in total. The van der Waals surface area contributed by atoms with Crippen LogP contribution in [0.4, 0.5) is 5.82 Å². The molecule has 26 heavy (non-hydrogen) atoms. The van der Waals surface area contributed by atoms with Gasteiger partial charge in [0.25, 0.3) is 0 Å². The number of nitrogens with one attached hydrogen (secondary N) is 2. The molecule has 6 heteroatoms. The average molecular weight is 354 g/mol. The van der Waals surface area contributed by atoms with Crippen molar-refractivity contribution in [2.24, 2.45) is 0 Å². The maximum atomic E-state index is 11.1. The van der Waals surface area contributed by atoms with Crippen molar-refractivity contribution in [1.29, 1.82) is 0 Å². The number of amides is 1. The van der Waals surface area contributed by atoms with E-state index in [1.54, 1.807) is 20.4 Å². The highest BCUT2D eigenvalue weighted by atomic mass is 16.5. The minimum absolute atomic E-state index is 0.0357. The lowest BCUT2D eigenvalue weighted by Crippen LogP contribution is -2.42. The summed E-state index contributed by atoms with van der Waals surface area (Å²) in [6, 6.07) is 10.4. The number of carbonyl (C=O) groups excluding carboxylic acids is 1. The van der Waals surface area contributed by atoms with E-state index in [-0.39, 0.29) is 11.9 Å². The van der Waals surface area contributed by atoms with Gasteiger partial charge in [0.05, 0.1) is 7.11 Å². The van der Waals surface area contributed by atoms with Crippen molar-refractivity contribution in [3.05, 3.63) is 47.9 Å². The summed E-state index contributed by atoms with van der Waals surface area (Å²) in [7, 11) is 1.70. The SMILES string of the molecule is COc1ccccc1CCCNc1cc(C2CC(NC(C)=O)C2)ncn1. The lowest BCUT2D eigenvalue weighted by Gasteiger charge is -2.35. The summed E-state index contributed by atoms with van der Waals surface area (Å²) in [5.74, 6) is 2.24. The van der Waals surface area contributed by atoms with Gasteiger partial charge in [-0.05, 0) is 37.3 Å². The quantitative estimate of drug-likeness (QED) is 0.713. The number of rotatable bonds is 8. The number of carbonyl (C=O) groups is 1. The lowest BCUT2D eigenvalue weighted by atomic mass is 9.78. The summed E-state index contributed by atoms with van der Waals surface area (Å²) in [5, 5.41) is 6.33. The molecule has 1 heterocycles. The molecule has 0 radical (unpaired) electrons. The second-order valence-corrected chi connectivity index (χ2v) is 6.74. The minimum Gasteiger partial charge on any atom is -0.496 e. The van der Waals surface area contributed by atoms with Crippen LogP contribution in [-0.4, -0.2) is 35.6 Å². The highest BCUT2D eigenvalue weighted by Crippen LogP contribution is 2.36. The zero-order valence-corrected chi connectivity index (χ0v) is 15.4. The van der Waals surface area contributed by atoms with Gasteiger partial charge in [0.1, 0.15) is 17.9 Å². The first-order chi connectivity index (χ1) is 12.7. The van der Waals surface area contributed by atoms with Crippen molar-refractivity contribution in [1.82, 2.24) is 15.3 Å². The number of anilines is 1. The van der Waals surface area contributed by atoms with Crippen LogP contribution in [-0.2, 0) is 11.2 Å². The van der Waals surface area contributed by atoms with Crippen LogP contribution in [0.5, 0.6) is 5.75 Å². The average Bonchev–Trinajstić information content (AvgIpc) is 2.62. The first kappa shape index (κ1) is 18.2. The summed E-state index contributed by atoms with van der Waals surface area (Å²) in [6.07, 6.45) is 5.46. The van der Waals surface area contributed by atoms with Crippen LogP contribution < -0.4 is 15.4 Å². The standard InChI is InChI=1S/C20H26N4O2/c1-14(25)24-17-10-16(11-17)18-12-20(23-13-22-18)21-9-5-7-15-6-3-4-8-19(15)26-2/h3-4,6,8,12-13,16-17H,5,7,9-11H2,1-2H3,(H,24,25)(H,21,22,23). The number of para-hydroxylation sites is 1. The molecule has 1 fully saturated rings. The summed E-state index contributed by atoms with van der Waals surface area (Å²) in [6.45, 7) is 2.40. The van der Waals surface area contributed by atoms with Gasteiger partial charge in [0.2, 0.25) is 5.91 Å². The molecule has 1 aliphatic carbocycles. The van der Waals surface area contributed by atoms with Crippen LogP contribution in [0.15, 0.2) is 36.7 Å². The number of nitrogens with zero attached hydrogens (tertiary/aromatic N) is 2. The molecular weight excluding hydrogens is 328 g/mol. The van der Waals surface area contributed by atoms with Gasteiger partial charge < -0.3 is 15.4 Å². The molecule has 0 aliphatic heterocycles. The molecule has 1 amide bonds. The largest absolute Gasteiger partial charge is 0.496 e. The third-order valence-electron chi connectivity index (χ3n) is 4.77. The Hall–Kier alpha value is -2.63. The molecule has 0 bridgehead atoms. The monoisotopic (exact) mass is 354 g/mol. The number of aryl methyl sites for hydroxylation is 1. The minimum atomic E-state index is 0.0357.